The van der Waals surface area contributed by atoms with Gasteiger partial charge in [0.15, 0.2) is 0 Å². The zero-order valence-electron chi connectivity index (χ0n) is 17.3. The van der Waals surface area contributed by atoms with Gasteiger partial charge >= 0.3 is 0 Å². The quantitative estimate of drug-likeness (QED) is 0.346. The third kappa shape index (κ3) is 6.25. The molecule has 0 aliphatic heterocycles. The van der Waals surface area contributed by atoms with E-state index in [4.69, 9.17) is 37.7 Å². The standard InChI is InChI=1S/C25H25Cl2NO2/c1-17(2)30-25-15-23(29-3)13-8-20(25)16-28-24(19-6-11-22(27)12-7-19)14-18-4-9-21(26)10-5-18/h4-13,15-17,24H,14H2,1-3H3/t24-/m1/s1. The van der Waals surface area contributed by atoms with Gasteiger partial charge in [-0.2, -0.15) is 0 Å². The number of methoxy groups -OCH3 is 1. The number of hydrogen-bond acceptors (Lipinski definition) is 3. The Bertz CT molecular complexity index is 983. The van der Waals surface area contributed by atoms with Crippen molar-refractivity contribution in [1.82, 2.24) is 0 Å². The van der Waals surface area contributed by atoms with Crippen LogP contribution in [-0.4, -0.2) is 19.4 Å². The zero-order valence-corrected chi connectivity index (χ0v) is 18.8. The molecule has 0 aliphatic carbocycles. The van der Waals surface area contributed by atoms with Gasteiger partial charge in [-0.15, -0.1) is 0 Å². The smallest absolute Gasteiger partial charge is 0.132 e. The molecule has 0 heterocycles. The Morgan fingerprint density at radius 2 is 1.53 bits per heavy atom. The van der Waals surface area contributed by atoms with E-state index in [0.29, 0.717) is 5.02 Å². The minimum atomic E-state index is -0.0718. The van der Waals surface area contributed by atoms with Gasteiger partial charge in [0.25, 0.3) is 0 Å². The number of hydrogen-bond donors (Lipinski definition) is 0. The first-order chi connectivity index (χ1) is 14.4. The summed E-state index contributed by atoms with van der Waals surface area (Å²) >= 11 is 12.1. The first-order valence-electron chi connectivity index (χ1n) is 9.82. The molecule has 0 N–H and O–H groups in total. The molecule has 0 saturated heterocycles. The number of ether oxygens (including phenoxy) is 2. The van der Waals surface area contributed by atoms with Crippen molar-refractivity contribution < 1.29 is 9.47 Å². The summed E-state index contributed by atoms with van der Waals surface area (Å²) < 4.78 is 11.3. The molecule has 3 nitrogen and oxygen atoms in total. The van der Waals surface area contributed by atoms with Crippen LogP contribution in [0.5, 0.6) is 11.5 Å². The fourth-order valence-electron chi connectivity index (χ4n) is 3.06. The highest BCUT2D eigenvalue weighted by molar-refractivity contribution is 6.30. The molecule has 156 valence electrons. The number of nitrogens with zero attached hydrogens (tertiary/aromatic N) is 1. The topological polar surface area (TPSA) is 30.8 Å². The molecule has 0 spiro atoms. The highest BCUT2D eigenvalue weighted by atomic mass is 35.5. The third-order valence-electron chi connectivity index (χ3n) is 4.57. The summed E-state index contributed by atoms with van der Waals surface area (Å²) in [4.78, 5) is 4.91. The van der Waals surface area contributed by atoms with Crippen molar-refractivity contribution in [3.05, 3.63) is 93.5 Å². The van der Waals surface area contributed by atoms with E-state index in [-0.39, 0.29) is 12.1 Å². The molecule has 0 amide bonds. The molecule has 0 saturated carbocycles. The average molecular weight is 442 g/mol. The van der Waals surface area contributed by atoms with E-state index in [0.717, 1.165) is 39.6 Å². The second-order valence-electron chi connectivity index (χ2n) is 7.25. The summed E-state index contributed by atoms with van der Waals surface area (Å²) in [5.41, 5.74) is 3.15. The van der Waals surface area contributed by atoms with E-state index in [1.165, 1.54) is 0 Å². The molecule has 0 aliphatic rings. The third-order valence-corrected chi connectivity index (χ3v) is 5.08. The van der Waals surface area contributed by atoms with Gasteiger partial charge in [-0.25, -0.2) is 0 Å². The van der Waals surface area contributed by atoms with E-state index >= 15 is 0 Å². The van der Waals surface area contributed by atoms with Crippen molar-refractivity contribution >= 4 is 29.4 Å². The van der Waals surface area contributed by atoms with Gasteiger partial charge in [-0.3, -0.25) is 4.99 Å². The molecule has 5 heteroatoms. The molecule has 0 bridgehead atoms. The van der Waals surface area contributed by atoms with Crippen molar-refractivity contribution in [1.29, 1.82) is 0 Å². The molecule has 0 radical (unpaired) electrons. The predicted molar refractivity (Wildman–Crippen MR) is 126 cm³/mol. The minimum absolute atomic E-state index is 0.0467. The zero-order chi connectivity index (χ0) is 21.5. The van der Waals surface area contributed by atoms with Crippen LogP contribution in [-0.2, 0) is 6.42 Å². The summed E-state index contributed by atoms with van der Waals surface area (Å²) in [5, 5.41) is 1.43. The van der Waals surface area contributed by atoms with Gasteiger partial charge in [0, 0.05) is 27.9 Å². The number of aliphatic imine (C=N–C) groups is 1. The van der Waals surface area contributed by atoms with E-state index in [1.54, 1.807) is 7.11 Å². The lowest BCUT2D eigenvalue weighted by Gasteiger charge is -2.16. The van der Waals surface area contributed by atoms with Gasteiger partial charge < -0.3 is 9.47 Å². The number of benzene rings is 3. The van der Waals surface area contributed by atoms with Gasteiger partial charge in [-0.1, -0.05) is 47.5 Å². The molecule has 3 rings (SSSR count). The van der Waals surface area contributed by atoms with Crippen LogP contribution in [0.25, 0.3) is 0 Å². The summed E-state index contributed by atoms with van der Waals surface area (Å²) in [7, 11) is 1.64. The summed E-state index contributed by atoms with van der Waals surface area (Å²) in [5.74, 6) is 1.49. The normalized spacial score (nSPS) is 12.3. The van der Waals surface area contributed by atoms with Crippen LogP contribution in [0.1, 0.15) is 36.6 Å². The lowest BCUT2D eigenvalue weighted by molar-refractivity contribution is 0.241. The highest BCUT2D eigenvalue weighted by Crippen LogP contribution is 2.28. The van der Waals surface area contributed by atoms with E-state index in [1.807, 2.05) is 86.8 Å². The molecule has 0 aromatic heterocycles. The van der Waals surface area contributed by atoms with Crippen LogP contribution >= 0.6 is 23.2 Å². The Kier molecular flexibility index (Phi) is 7.78. The molecule has 1 atom stereocenters. The molecule has 3 aromatic carbocycles. The maximum absolute atomic E-state index is 6.08. The Balaban J connectivity index is 1.93. The fourth-order valence-corrected chi connectivity index (χ4v) is 3.31. The molecular formula is C25H25Cl2NO2. The Labute approximate surface area is 188 Å². The largest absolute Gasteiger partial charge is 0.497 e. The predicted octanol–water partition coefficient (Wildman–Crippen LogP) is 7.19. The molecular weight excluding hydrogens is 417 g/mol. The summed E-state index contributed by atoms with van der Waals surface area (Å²) in [6.45, 7) is 3.99. The fraction of sp³-hybridized carbons (Fsp3) is 0.240. The summed E-state index contributed by atoms with van der Waals surface area (Å²) in [6, 6.07) is 21.4. The van der Waals surface area contributed by atoms with Crippen LogP contribution in [0.3, 0.4) is 0 Å². The first kappa shape index (κ1) is 22.2. The van der Waals surface area contributed by atoms with Gasteiger partial charge in [0.1, 0.15) is 11.5 Å². The second kappa shape index (κ2) is 10.5. The van der Waals surface area contributed by atoms with Crippen LogP contribution in [0.4, 0.5) is 0 Å². The van der Waals surface area contributed by atoms with Crippen molar-refractivity contribution in [3.8, 4) is 11.5 Å². The lowest BCUT2D eigenvalue weighted by atomic mass is 9.99. The van der Waals surface area contributed by atoms with Crippen molar-refractivity contribution in [2.45, 2.75) is 32.4 Å². The molecule has 0 unspecified atom stereocenters. The number of rotatable bonds is 8. The maximum atomic E-state index is 6.08. The molecule has 3 aromatic rings. The van der Waals surface area contributed by atoms with Crippen molar-refractivity contribution in [3.63, 3.8) is 0 Å². The monoisotopic (exact) mass is 441 g/mol. The van der Waals surface area contributed by atoms with Gasteiger partial charge in [0.05, 0.1) is 19.3 Å². The van der Waals surface area contributed by atoms with Gasteiger partial charge in [-0.05, 0) is 67.8 Å². The molecule has 30 heavy (non-hydrogen) atoms. The minimum Gasteiger partial charge on any atom is -0.497 e. The average Bonchev–Trinajstić information content (AvgIpc) is 2.73. The highest BCUT2D eigenvalue weighted by Gasteiger charge is 2.12. The first-order valence-corrected chi connectivity index (χ1v) is 10.6. The lowest BCUT2D eigenvalue weighted by Crippen LogP contribution is -2.08. The van der Waals surface area contributed by atoms with Crippen molar-refractivity contribution in [2.24, 2.45) is 4.99 Å². The number of halogens is 2. The van der Waals surface area contributed by atoms with Crippen LogP contribution in [0.2, 0.25) is 10.0 Å². The van der Waals surface area contributed by atoms with Crippen molar-refractivity contribution in [2.75, 3.05) is 7.11 Å². The Morgan fingerprint density at radius 1 is 0.900 bits per heavy atom. The van der Waals surface area contributed by atoms with Crippen LogP contribution < -0.4 is 9.47 Å². The SMILES string of the molecule is COc1ccc(C=N[C@H](Cc2ccc(Cl)cc2)c2ccc(Cl)cc2)c(OC(C)C)c1. The van der Waals surface area contributed by atoms with Crippen LogP contribution in [0, 0.1) is 0 Å². The Hall–Kier alpha value is -2.49. The Morgan fingerprint density at radius 3 is 2.13 bits per heavy atom. The second-order valence-corrected chi connectivity index (χ2v) is 8.12. The molecule has 0 fully saturated rings. The van der Waals surface area contributed by atoms with E-state index in [2.05, 4.69) is 0 Å². The van der Waals surface area contributed by atoms with Gasteiger partial charge in [0.2, 0.25) is 0 Å². The van der Waals surface area contributed by atoms with Crippen LogP contribution in [0.15, 0.2) is 71.7 Å². The van der Waals surface area contributed by atoms with E-state index < -0.39 is 0 Å². The maximum Gasteiger partial charge on any atom is 0.132 e. The van der Waals surface area contributed by atoms with E-state index in [9.17, 15) is 0 Å². The summed E-state index contributed by atoms with van der Waals surface area (Å²) in [6.07, 6.45) is 2.66.